The first-order valence-electron chi connectivity index (χ1n) is 6.98. The molecular formula is C15H22N2OS. The SMILES string of the molecule is CCOc1ccc(NC(=S)N2CCCC(C)C2)cc1. The van der Waals surface area contributed by atoms with Crippen molar-refractivity contribution < 1.29 is 4.74 Å². The predicted molar refractivity (Wildman–Crippen MR) is 83.8 cm³/mol. The Hall–Kier alpha value is -1.29. The van der Waals surface area contributed by atoms with Gasteiger partial charge in [-0.25, -0.2) is 0 Å². The van der Waals surface area contributed by atoms with Crippen LogP contribution in [0.3, 0.4) is 0 Å². The molecule has 0 saturated carbocycles. The molecule has 3 nitrogen and oxygen atoms in total. The van der Waals surface area contributed by atoms with Crippen LogP contribution in [0.4, 0.5) is 5.69 Å². The maximum atomic E-state index is 5.48. The average Bonchev–Trinajstić information content (AvgIpc) is 2.41. The third-order valence-electron chi connectivity index (χ3n) is 3.36. The molecule has 0 radical (unpaired) electrons. The number of thiocarbonyl (C=S) groups is 1. The van der Waals surface area contributed by atoms with Crippen LogP contribution in [-0.4, -0.2) is 29.7 Å². The summed E-state index contributed by atoms with van der Waals surface area (Å²) in [6.45, 7) is 7.08. The van der Waals surface area contributed by atoms with Crippen molar-refractivity contribution >= 4 is 23.0 Å². The van der Waals surface area contributed by atoms with Crippen LogP contribution in [0.15, 0.2) is 24.3 Å². The lowest BCUT2D eigenvalue weighted by Gasteiger charge is -2.33. The third-order valence-corrected chi connectivity index (χ3v) is 3.72. The van der Waals surface area contributed by atoms with Gasteiger partial charge in [0, 0.05) is 18.8 Å². The number of benzene rings is 1. The van der Waals surface area contributed by atoms with E-state index in [2.05, 4.69) is 17.1 Å². The monoisotopic (exact) mass is 278 g/mol. The van der Waals surface area contributed by atoms with Gasteiger partial charge < -0.3 is 15.0 Å². The minimum Gasteiger partial charge on any atom is -0.494 e. The van der Waals surface area contributed by atoms with Crippen molar-refractivity contribution in [2.45, 2.75) is 26.7 Å². The minimum atomic E-state index is 0.691. The van der Waals surface area contributed by atoms with Gasteiger partial charge in [0.05, 0.1) is 6.61 Å². The van der Waals surface area contributed by atoms with E-state index in [1.54, 1.807) is 0 Å². The molecule has 2 rings (SSSR count). The van der Waals surface area contributed by atoms with Crippen LogP contribution < -0.4 is 10.1 Å². The van der Waals surface area contributed by atoms with Gasteiger partial charge in [0.15, 0.2) is 5.11 Å². The van der Waals surface area contributed by atoms with Gasteiger partial charge in [-0.2, -0.15) is 0 Å². The number of hydrogen-bond donors (Lipinski definition) is 1. The van der Waals surface area contributed by atoms with Crippen LogP contribution in [0.1, 0.15) is 26.7 Å². The van der Waals surface area contributed by atoms with Crippen molar-refractivity contribution in [2.75, 3.05) is 25.0 Å². The molecule has 1 fully saturated rings. The maximum Gasteiger partial charge on any atom is 0.173 e. The highest BCUT2D eigenvalue weighted by Gasteiger charge is 2.18. The maximum absolute atomic E-state index is 5.48. The number of likely N-dealkylation sites (tertiary alicyclic amines) is 1. The fourth-order valence-electron chi connectivity index (χ4n) is 2.38. The highest BCUT2D eigenvalue weighted by molar-refractivity contribution is 7.80. The largest absolute Gasteiger partial charge is 0.494 e. The Balaban J connectivity index is 1.90. The summed E-state index contributed by atoms with van der Waals surface area (Å²) >= 11 is 5.48. The van der Waals surface area contributed by atoms with Gasteiger partial charge in [0.25, 0.3) is 0 Å². The van der Waals surface area contributed by atoms with Gasteiger partial charge in [-0.3, -0.25) is 0 Å². The highest BCUT2D eigenvalue weighted by atomic mass is 32.1. The minimum absolute atomic E-state index is 0.691. The highest BCUT2D eigenvalue weighted by Crippen LogP contribution is 2.19. The van der Waals surface area contributed by atoms with Crippen molar-refractivity contribution in [1.29, 1.82) is 0 Å². The van der Waals surface area contributed by atoms with Crippen LogP contribution >= 0.6 is 12.2 Å². The van der Waals surface area contributed by atoms with Crippen molar-refractivity contribution in [3.05, 3.63) is 24.3 Å². The zero-order chi connectivity index (χ0) is 13.7. The molecule has 0 aliphatic carbocycles. The van der Waals surface area contributed by atoms with Crippen molar-refractivity contribution in [2.24, 2.45) is 5.92 Å². The molecule has 104 valence electrons. The number of nitrogens with zero attached hydrogens (tertiary/aromatic N) is 1. The molecular weight excluding hydrogens is 256 g/mol. The number of nitrogens with one attached hydrogen (secondary N) is 1. The summed E-state index contributed by atoms with van der Waals surface area (Å²) in [5.41, 5.74) is 1.02. The fraction of sp³-hybridized carbons (Fsp3) is 0.533. The molecule has 1 unspecified atom stereocenters. The molecule has 0 aromatic heterocycles. The lowest BCUT2D eigenvalue weighted by Crippen LogP contribution is -2.41. The lowest BCUT2D eigenvalue weighted by molar-refractivity contribution is 0.276. The average molecular weight is 278 g/mol. The molecule has 1 aromatic carbocycles. The Kier molecular flexibility index (Phi) is 5.02. The van der Waals surface area contributed by atoms with Gasteiger partial charge in [-0.05, 0) is 62.2 Å². The molecule has 0 amide bonds. The zero-order valence-corrected chi connectivity index (χ0v) is 12.5. The van der Waals surface area contributed by atoms with E-state index in [0.29, 0.717) is 6.61 Å². The van der Waals surface area contributed by atoms with Gasteiger partial charge in [0.1, 0.15) is 5.75 Å². The van der Waals surface area contributed by atoms with Crippen molar-refractivity contribution in [3.63, 3.8) is 0 Å². The molecule has 1 saturated heterocycles. The molecule has 1 atom stereocenters. The van der Waals surface area contributed by atoms with Gasteiger partial charge in [-0.15, -0.1) is 0 Å². The Morgan fingerprint density at radius 3 is 2.79 bits per heavy atom. The first-order chi connectivity index (χ1) is 9.19. The smallest absolute Gasteiger partial charge is 0.173 e. The molecule has 0 spiro atoms. The van der Waals surface area contributed by atoms with E-state index < -0.39 is 0 Å². The second kappa shape index (κ2) is 6.75. The lowest BCUT2D eigenvalue weighted by atomic mass is 10.0. The quantitative estimate of drug-likeness (QED) is 0.855. The van der Waals surface area contributed by atoms with E-state index in [1.165, 1.54) is 12.8 Å². The molecule has 1 N–H and O–H groups in total. The van der Waals surface area contributed by atoms with Crippen LogP contribution in [0.25, 0.3) is 0 Å². The summed E-state index contributed by atoms with van der Waals surface area (Å²) in [4.78, 5) is 2.26. The van der Waals surface area contributed by atoms with E-state index >= 15 is 0 Å². The standard InChI is InChI=1S/C15H22N2OS/c1-3-18-14-8-6-13(7-9-14)16-15(19)17-10-4-5-12(2)11-17/h6-9,12H,3-5,10-11H2,1-2H3,(H,16,19). The van der Waals surface area contributed by atoms with Gasteiger partial charge in [-0.1, -0.05) is 6.92 Å². The predicted octanol–water partition coefficient (Wildman–Crippen LogP) is 3.51. The number of rotatable bonds is 3. The molecule has 1 heterocycles. The van der Waals surface area contributed by atoms with Crippen molar-refractivity contribution in [1.82, 2.24) is 4.90 Å². The topological polar surface area (TPSA) is 24.5 Å². The molecule has 1 aromatic rings. The summed E-state index contributed by atoms with van der Waals surface area (Å²) in [6, 6.07) is 7.94. The Morgan fingerprint density at radius 2 is 2.16 bits per heavy atom. The molecule has 19 heavy (non-hydrogen) atoms. The van der Waals surface area contributed by atoms with E-state index in [9.17, 15) is 0 Å². The van der Waals surface area contributed by atoms with Gasteiger partial charge in [0.2, 0.25) is 0 Å². The normalized spacial score (nSPS) is 19.1. The zero-order valence-electron chi connectivity index (χ0n) is 11.7. The molecule has 1 aliphatic rings. The third kappa shape index (κ3) is 4.10. The van der Waals surface area contributed by atoms with E-state index in [4.69, 9.17) is 17.0 Å². The van der Waals surface area contributed by atoms with Crippen molar-refractivity contribution in [3.8, 4) is 5.75 Å². The number of hydrogen-bond acceptors (Lipinski definition) is 2. The Bertz CT molecular complexity index is 419. The summed E-state index contributed by atoms with van der Waals surface area (Å²) in [5.74, 6) is 1.62. The number of ether oxygens (including phenoxy) is 1. The summed E-state index contributed by atoms with van der Waals surface area (Å²) < 4.78 is 5.43. The van der Waals surface area contributed by atoms with E-state index in [-0.39, 0.29) is 0 Å². The van der Waals surface area contributed by atoms with E-state index in [0.717, 1.165) is 35.6 Å². The van der Waals surface area contributed by atoms with E-state index in [1.807, 2.05) is 31.2 Å². The second-order valence-corrected chi connectivity index (χ2v) is 5.47. The van der Waals surface area contributed by atoms with Gasteiger partial charge >= 0.3 is 0 Å². The second-order valence-electron chi connectivity index (χ2n) is 5.08. The fourth-order valence-corrected chi connectivity index (χ4v) is 2.66. The summed E-state index contributed by atoms with van der Waals surface area (Å²) in [5, 5.41) is 4.13. The van der Waals surface area contributed by atoms with Crippen LogP contribution in [-0.2, 0) is 0 Å². The number of piperidine rings is 1. The number of anilines is 1. The first kappa shape index (κ1) is 14.1. The first-order valence-corrected chi connectivity index (χ1v) is 7.38. The summed E-state index contributed by atoms with van der Waals surface area (Å²) in [7, 11) is 0. The van der Waals surface area contributed by atoms with Crippen LogP contribution in [0, 0.1) is 5.92 Å². The molecule has 4 heteroatoms. The Labute approximate surface area is 120 Å². The van der Waals surface area contributed by atoms with Crippen LogP contribution in [0.2, 0.25) is 0 Å². The molecule has 0 bridgehead atoms. The molecule has 1 aliphatic heterocycles. The Morgan fingerprint density at radius 1 is 1.42 bits per heavy atom. The van der Waals surface area contributed by atoms with Crippen LogP contribution in [0.5, 0.6) is 5.75 Å². The summed E-state index contributed by atoms with van der Waals surface area (Å²) in [6.07, 6.45) is 2.54.